The highest BCUT2D eigenvalue weighted by Gasteiger charge is 2.10. The molecule has 0 heterocycles. The Bertz CT molecular complexity index is 656. The molecule has 2 aromatic rings. The van der Waals surface area contributed by atoms with E-state index in [1.54, 1.807) is 30.3 Å². The van der Waals surface area contributed by atoms with Crippen molar-refractivity contribution in [3.8, 4) is 5.75 Å². The van der Waals surface area contributed by atoms with Crippen molar-refractivity contribution >= 4 is 23.2 Å². The van der Waals surface area contributed by atoms with Gasteiger partial charge in [0.25, 0.3) is 5.91 Å². The summed E-state index contributed by atoms with van der Waals surface area (Å²) in [5.74, 6) is -0.144. The van der Waals surface area contributed by atoms with Gasteiger partial charge in [0.15, 0.2) is 0 Å². The van der Waals surface area contributed by atoms with Gasteiger partial charge in [-0.05, 0) is 42.8 Å². The van der Waals surface area contributed by atoms with Crippen molar-refractivity contribution in [1.82, 2.24) is 5.32 Å². The lowest BCUT2D eigenvalue weighted by Crippen LogP contribution is -2.23. The lowest BCUT2D eigenvalue weighted by atomic mass is 10.1. The summed E-state index contributed by atoms with van der Waals surface area (Å²) in [5.41, 5.74) is 8.10. The summed E-state index contributed by atoms with van der Waals surface area (Å²) in [6.07, 6.45) is 0. The van der Waals surface area contributed by atoms with Crippen LogP contribution in [0.5, 0.6) is 5.75 Å². The van der Waals surface area contributed by atoms with Gasteiger partial charge in [0, 0.05) is 28.4 Å². The molecular formula is C15H15ClN2O2. The lowest BCUT2D eigenvalue weighted by molar-refractivity contribution is 0.0950. The standard InChI is InChI=1S/C15H15ClN2O2/c1-9-2-3-11(16)7-13(9)15(20)18-8-10-6-12(17)4-5-14(10)19/h2-7,19H,8,17H2,1H3,(H,18,20). The highest BCUT2D eigenvalue weighted by molar-refractivity contribution is 6.31. The molecule has 2 aromatic carbocycles. The van der Waals surface area contributed by atoms with Crippen LogP contribution >= 0.6 is 11.6 Å². The predicted molar refractivity (Wildman–Crippen MR) is 79.9 cm³/mol. The van der Waals surface area contributed by atoms with Crippen LogP contribution in [0.15, 0.2) is 36.4 Å². The summed E-state index contributed by atoms with van der Waals surface area (Å²) in [6, 6.07) is 9.86. The number of hydrogen-bond donors (Lipinski definition) is 3. The highest BCUT2D eigenvalue weighted by Crippen LogP contribution is 2.20. The van der Waals surface area contributed by atoms with Crippen LogP contribution in [0.4, 0.5) is 5.69 Å². The molecule has 5 heteroatoms. The van der Waals surface area contributed by atoms with E-state index in [9.17, 15) is 9.90 Å². The zero-order valence-corrected chi connectivity index (χ0v) is 11.7. The molecular weight excluding hydrogens is 276 g/mol. The number of aromatic hydroxyl groups is 1. The number of nitrogens with two attached hydrogens (primary N) is 1. The molecule has 0 unspecified atom stereocenters. The van der Waals surface area contributed by atoms with E-state index in [0.29, 0.717) is 21.8 Å². The van der Waals surface area contributed by atoms with Crippen LogP contribution in [0.3, 0.4) is 0 Å². The summed E-state index contributed by atoms with van der Waals surface area (Å²) in [7, 11) is 0. The Morgan fingerprint density at radius 3 is 2.80 bits per heavy atom. The first-order valence-corrected chi connectivity index (χ1v) is 6.47. The van der Waals surface area contributed by atoms with Gasteiger partial charge in [-0.15, -0.1) is 0 Å². The number of nitrogen functional groups attached to an aromatic ring is 1. The molecule has 0 aliphatic heterocycles. The first-order chi connectivity index (χ1) is 9.47. The van der Waals surface area contributed by atoms with Crippen molar-refractivity contribution in [3.05, 3.63) is 58.1 Å². The number of anilines is 1. The summed E-state index contributed by atoms with van der Waals surface area (Å²) < 4.78 is 0. The highest BCUT2D eigenvalue weighted by atomic mass is 35.5. The molecule has 0 radical (unpaired) electrons. The van der Waals surface area contributed by atoms with Crippen molar-refractivity contribution in [3.63, 3.8) is 0 Å². The molecule has 20 heavy (non-hydrogen) atoms. The molecule has 0 bridgehead atoms. The molecule has 104 valence electrons. The maximum absolute atomic E-state index is 12.1. The number of halogens is 1. The molecule has 0 aromatic heterocycles. The Labute approximate surface area is 122 Å². The van der Waals surface area contributed by atoms with E-state index in [-0.39, 0.29) is 18.2 Å². The van der Waals surface area contributed by atoms with Gasteiger partial charge in [-0.25, -0.2) is 0 Å². The van der Waals surface area contributed by atoms with E-state index in [2.05, 4.69) is 5.32 Å². The largest absolute Gasteiger partial charge is 0.508 e. The molecule has 0 saturated carbocycles. The molecule has 0 atom stereocenters. The van der Waals surface area contributed by atoms with Crippen LogP contribution in [-0.4, -0.2) is 11.0 Å². The van der Waals surface area contributed by atoms with Gasteiger partial charge < -0.3 is 16.2 Å². The molecule has 0 saturated heterocycles. The van der Waals surface area contributed by atoms with Crippen LogP contribution in [-0.2, 0) is 6.54 Å². The van der Waals surface area contributed by atoms with E-state index in [1.807, 2.05) is 6.92 Å². The van der Waals surface area contributed by atoms with Crippen LogP contribution in [0.25, 0.3) is 0 Å². The van der Waals surface area contributed by atoms with Gasteiger partial charge in [0.05, 0.1) is 0 Å². The van der Waals surface area contributed by atoms with Crippen LogP contribution in [0.2, 0.25) is 5.02 Å². The van der Waals surface area contributed by atoms with Gasteiger partial charge in [-0.2, -0.15) is 0 Å². The number of nitrogens with one attached hydrogen (secondary N) is 1. The molecule has 0 fully saturated rings. The summed E-state index contributed by atoms with van der Waals surface area (Å²) in [5, 5.41) is 12.9. The Morgan fingerprint density at radius 2 is 2.05 bits per heavy atom. The van der Waals surface area contributed by atoms with Crippen molar-refractivity contribution in [1.29, 1.82) is 0 Å². The third-order valence-corrected chi connectivity index (χ3v) is 3.22. The molecule has 1 amide bonds. The number of benzene rings is 2. The fourth-order valence-corrected chi connectivity index (χ4v) is 2.03. The van der Waals surface area contributed by atoms with Crippen LogP contribution < -0.4 is 11.1 Å². The molecule has 4 N–H and O–H groups in total. The molecule has 2 rings (SSSR count). The third kappa shape index (κ3) is 3.22. The van der Waals surface area contributed by atoms with Gasteiger partial charge in [-0.1, -0.05) is 17.7 Å². The second-order valence-electron chi connectivity index (χ2n) is 4.53. The summed E-state index contributed by atoms with van der Waals surface area (Å²) >= 11 is 5.89. The second-order valence-corrected chi connectivity index (χ2v) is 4.97. The fourth-order valence-electron chi connectivity index (χ4n) is 1.86. The number of amides is 1. The molecule has 4 nitrogen and oxygen atoms in total. The molecule has 0 aliphatic rings. The van der Waals surface area contributed by atoms with Crippen molar-refractivity contribution in [2.24, 2.45) is 0 Å². The molecule has 0 aliphatic carbocycles. The van der Waals surface area contributed by atoms with Crippen molar-refractivity contribution in [2.45, 2.75) is 13.5 Å². The molecule has 0 spiro atoms. The average molecular weight is 291 g/mol. The first-order valence-electron chi connectivity index (χ1n) is 6.09. The quantitative estimate of drug-likeness (QED) is 0.601. The van der Waals surface area contributed by atoms with Crippen LogP contribution in [0.1, 0.15) is 21.5 Å². The SMILES string of the molecule is Cc1ccc(Cl)cc1C(=O)NCc1cc(N)ccc1O. The van der Waals surface area contributed by atoms with Gasteiger partial charge in [-0.3, -0.25) is 4.79 Å². The maximum Gasteiger partial charge on any atom is 0.251 e. The minimum absolute atomic E-state index is 0.0994. The normalized spacial score (nSPS) is 10.3. The van der Waals surface area contributed by atoms with E-state index in [0.717, 1.165) is 5.56 Å². The monoisotopic (exact) mass is 290 g/mol. The number of rotatable bonds is 3. The predicted octanol–water partition coefficient (Wildman–Crippen LogP) is 2.87. The number of carbonyl (C=O) groups excluding carboxylic acids is 1. The summed E-state index contributed by atoms with van der Waals surface area (Å²) in [6.45, 7) is 2.03. The van der Waals surface area contributed by atoms with E-state index >= 15 is 0 Å². The third-order valence-electron chi connectivity index (χ3n) is 2.99. The fraction of sp³-hybridized carbons (Fsp3) is 0.133. The average Bonchev–Trinajstić information content (AvgIpc) is 2.42. The van der Waals surface area contributed by atoms with E-state index in [4.69, 9.17) is 17.3 Å². The minimum atomic E-state index is -0.244. The smallest absolute Gasteiger partial charge is 0.251 e. The number of carbonyl (C=O) groups is 1. The zero-order valence-electron chi connectivity index (χ0n) is 11.0. The van der Waals surface area contributed by atoms with Gasteiger partial charge >= 0.3 is 0 Å². The second kappa shape index (κ2) is 5.84. The zero-order chi connectivity index (χ0) is 14.7. The van der Waals surface area contributed by atoms with Crippen LogP contribution in [0, 0.1) is 6.92 Å². The number of aryl methyl sites for hydroxylation is 1. The van der Waals surface area contributed by atoms with Gasteiger partial charge in [0.1, 0.15) is 5.75 Å². The lowest BCUT2D eigenvalue weighted by Gasteiger charge is -2.10. The Balaban J connectivity index is 2.12. The maximum atomic E-state index is 12.1. The number of phenols is 1. The summed E-state index contributed by atoms with van der Waals surface area (Å²) in [4.78, 5) is 12.1. The Morgan fingerprint density at radius 1 is 1.30 bits per heavy atom. The van der Waals surface area contributed by atoms with E-state index < -0.39 is 0 Å². The number of phenolic OH excluding ortho intramolecular Hbond substituents is 1. The number of hydrogen-bond acceptors (Lipinski definition) is 3. The van der Waals surface area contributed by atoms with E-state index in [1.165, 1.54) is 6.07 Å². The Kier molecular flexibility index (Phi) is 4.15. The topological polar surface area (TPSA) is 75.4 Å². The Hall–Kier alpha value is -2.20. The minimum Gasteiger partial charge on any atom is -0.508 e. The van der Waals surface area contributed by atoms with Crippen molar-refractivity contribution < 1.29 is 9.90 Å². The first kappa shape index (κ1) is 14.2. The van der Waals surface area contributed by atoms with Crippen molar-refractivity contribution in [2.75, 3.05) is 5.73 Å². The van der Waals surface area contributed by atoms with Gasteiger partial charge in [0.2, 0.25) is 0 Å².